The number of carbonyl (C=O) groups excluding carboxylic acids is 3. The van der Waals surface area contributed by atoms with Crippen LogP contribution >= 0.6 is 15.9 Å². The maximum absolute atomic E-state index is 11.8. The third kappa shape index (κ3) is 20.1. The standard InChI is InChI=1S/C12H19N3O.C12H17NO2.C11H18N4O.C9H13BrN2/c1-5-13-12(16)10-7-6-9(2)14-11(10)8-15(3)4;1-9-5-6-11(12(14)15-4)10(7-9)8-13(2)3;1-4-13-11(16)8-5-6-10(12)14-9(8)7-15(2)3;1-7-4-5-8(10)9(11-7)6-12(2)3/h6-7H,5,8H2,1-4H3,(H,13,16);5-7H,8H2,1-4H3;5-6H,4,7H2,1-3H3,(H2,12,14)(H,13,16);4-5H,6H2,1-3H3. The van der Waals surface area contributed by atoms with Gasteiger partial charge in [-0.25, -0.2) is 9.78 Å². The zero-order valence-corrected chi connectivity index (χ0v) is 39.2. The first-order valence-corrected chi connectivity index (χ1v) is 20.2. The van der Waals surface area contributed by atoms with Gasteiger partial charge in [0, 0.05) is 55.1 Å². The zero-order valence-electron chi connectivity index (χ0n) is 37.7. The van der Waals surface area contributed by atoms with Gasteiger partial charge in [0.1, 0.15) is 5.82 Å². The monoisotopic (exact) mass is 878 g/mol. The van der Waals surface area contributed by atoms with E-state index >= 15 is 0 Å². The van der Waals surface area contributed by atoms with Crippen LogP contribution in [-0.4, -0.2) is 129 Å². The summed E-state index contributed by atoms with van der Waals surface area (Å²) in [7, 11) is 17.2. The second kappa shape index (κ2) is 27.1. The van der Waals surface area contributed by atoms with Crippen LogP contribution in [0.25, 0.3) is 0 Å². The van der Waals surface area contributed by atoms with Crippen molar-refractivity contribution in [3.63, 3.8) is 0 Å². The average molecular weight is 880 g/mol. The molecule has 0 aliphatic carbocycles. The van der Waals surface area contributed by atoms with Crippen molar-refractivity contribution in [2.75, 3.05) is 82.3 Å². The number of halogens is 1. The SMILES string of the molecule is CCNC(=O)c1ccc(C)nc1CN(C)C.CCNC(=O)c1ccc(N)nc1CN(C)C.COC(=O)c1ccc(C)cc1CN(C)C.Cc1ccc(Br)c(CN(C)C)n1. The number of nitrogens with two attached hydrogens (primary N) is 1. The number of nitrogen functional groups attached to an aromatic ring is 1. The number of nitrogens with zero attached hydrogens (tertiary/aromatic N) is 7. The number of pyridine rings is 3. The van der Waals surface area contributed by atoms with Crippen molar-refractivity contribution in [2.24, 2.45) is 0 Å². The van der Waals surface area contributed by atoms with Crippen LogP contribution < -0.4 is 16.4 Å². The number of hydrogen-bond donors (Lipinski definition) is 3. The van der Waals surface area contributed by atoms with E-state index in [1.54, 1.807) is 12.1 Å². The summed E-state index contributed by atoms with van der Waals surface area (Å²) in [6.07, 6.45) is 0. The molecule has 0 saturated heterocycles. The Bertz CT molecular complexity index is 1860. The molecule has 0 fully saturated rings. The lowest BCUT2D eigenvalue weighted by molar-refractivity contribution is 0.0598. The van der Waals surface area contributed by atoms with Gasteiger partial charge >= 0.3 is 5.97 Å². The van der Waals surface area contributed by atoms with Crippen molar-refractivity contribution in [3.8, 4) is 0 Å². The van der Waals surface area contributed by atoms with E-state index < -0.39 is 0 Å². The number of anilines is 1. The van der Waals surface area contributed by atoms with Gasteiger partial charge in [-0.2, -0.15) is 0 Å². The van der Waals surface area contributed by atoms with E-state index in [2.05, 4.69) is 46.4 Å². The van der Waals surface area contributed by atoms with Crippen molar-refractivity contribution < 1.29 is 19.1 Å². The third-order valence-electron chi connectivity index (χ3n) is 7.88. The Balaban J connectivity index is 0.000000395. The zero-order chi connectivity index (χ0) is 44.8. The summed E-state index contributed by atoms with van der Waals surface area (Å²) in [5.41, 5.74) is 14.3. The van der Waals surface area contributed by atoms with Crippen LogP contribution in [0.2, 0.25) is 0 Å². The summed E-state index contributed by atoms with van der Waals surface area (Å²) in [4.78, 5) is 56.1. The summed E-state index contributed by atoms with van der Waals surface area (Å²) in [6, 6.07) is 16.9. The van der Waals surface area contributed by atoms with Crippen LogP contribution in [0.15, 0.2) is 59.1 Å². The number of nitrogens with one attached hydrogen (secondary N) is 2. The lowest BCUT2D eigenvalue weighted by atomic mass is 10.0. The van der Waals surface area contributed by atoms with E-state index in [9.17, 15) is 14.4 Å². The molecule has 4 aromatic rings. The van der Waals surface area contributed by atoms with Gasteiger partial charge in [-0.05, 0) is 155 Å². The Morgan fingerprint density at radius 1 is 0.610 bits per heavy atom. The molecule has 3 aromatic heterocycles. The fourth-order valence-electron chi connectivity index (χ4n) is 5.40. The van der Waals surface area contributed by atoms with E-state index in [0.717, 1.165) is 51.5 Å². The first kappa shape index (κ1) is 52.2. The number of amides is 2. The van der Waals surface area contributed by atoms with Gasteiger partial charge in [0.15, 0.2) is 0 Å². The highest BCUT2D eigenvalue weighted by molar-refractivity contribution is 9.10. The molecule has 3 heterocycles. The van der Waals surface area contributed by atoms with Crippen molar-refractivity contribution in [1.82, 2.24) is 45.2 Å². The number of benzene rings is 1. The van der Waals surface area contributed by atoms with Gasteiger partial charge in [0.25, 0.3) is 11.8 Å². The smallest absolute Gasteiger partial charge is 0.338 e. The normalized spacial score (nSPS) is 10.6. The first-order valence-electron chi connectivity index (χ1n) is 19.4. The highest BCUT2D eigenvalue weighted by Gasteiger charge is 2.15. The highest BCUT2D eigenvalue weighted by atomic mass is 79.9. The molecule has 0 spiro atoms. The number of hydrogen-bond acceptors (Lipinski definition) is 12. The van der Waals surface area contributed by atoms with E-state index in [-0.39, 0.29) is 17.8 Å². The third-order valence-corrected chi connectivity index (χ3v) is 8.60. The number of aryl methyl sites for hydroxylation is 3. The number of aromatic nitrogens is 3. The van der Waals surface area contributed by atoms with E-state index in [1.807, 2.05) is 148 Å². The summed E-state index contributed by atoms with van der Waals surface area (Å²) < 4.78 is 5.83. The molecule has 0 aliphatic rings. The Hall–Kier alpha value is -4.80. The number of methoxy groups -OCH3 is 1. The van der Waals surface area contributed by atoms with E-state index in [0.29, 0.717) is 54.4 Å². The van der Waals surface area contributed by atoms with Gasteiger partial charge in [0.2, 0.25) is 0 Å². The first-order chi connectivity index (χ1) is 27.7. The van der Waals surface area contributed by atoms with Crippen molar-refractivity contribution >= 4 is 39.5 Å². The second-order valence-corrected chi connectivity index (χ2v) is 15.7. The molecule has 0 bridgehead atoms. The minimum absolute atomic E-state index is 0.0492. The van der Waals surface area contributed by atoms with Crippen molar-refractivity contribution in [1.29, 1.82) is 0 Å². The maximum Gasteiger partial charge on any atom is 0.338 e. The predicted octanol–water partition coefficient (Wildman–Crippen LogP) is 5.73. The number of rotatable bonds is 13. The lowest BCUT2D eigenvalue weighted by Crippen LogP contribution is -2.26. The minimum Gasteiger partial charge on any atom is -0.465 e. The number of esters is 1. The maximum atomic E-state index is 11.8. The molecule has 1 aromatic carbocycles. The molecule has 4 rings (SSSR count). The molecule has 0 unspecified atom stereocenters. The Labute approximate surface area is 361 Å². The Morgan fingerprint density at radius 2 is 1.03 bits per heavy atom. The molecule has 2 amide bonds. The number of carbonyl (C=O) groups is 3. The average Bonchev–Trinajstić information content (AvgIpc) is 3.13. The molecular weight excluding hydrogens is 812 g/mol. The topological polar surface area (TPSA) is 162 Å². The molecule has 0 radical (unpaired) electrons. The Morgan fingerprint density at radius 3 is 1.51 bits per heavy atom. The second-order valence-electron chi connectivity index (χ2n) is 14.9. The van der Waals surface area contributed by atoms with Crippen LogP contribution in [0.5, 0.6) is 0 Å². The molecule has 0 atom stereocenters. The van der Waals surface area contributed by atoms with Crippen LogP contribution in [0, 0.1) is 20.8 Å². The van der Waals surface area contributed by atoms with Crippen LogP contribution in [0.4, 0.5) is 5.82 Å². The molecule has 0 saturated carbocycles. The van der Waals surface area contributed by atoms with E-state index in [4.69, 9.17) is 10.5 Å². The van der Waals surface area contributed by atoms with Crippen molar-refractivity contribution in [3.05, 3.63) is 115 Å². The molecule has 0 aliphatic heterocycles. The molecule has 59 heavy (non-hydrogen) atoms. The molecule has 15 heteroatoms. The Kier molecular flexibility index (Phi) is 23.9. The lowest BCUT2D eigenvalue weighted by Gasteiger charge is -2.13. The van der Waals surface area contributed by atoms with Crippen LogP contribution in [0.1, 0.15) is 84.5 Å². The van der Waals surface area contributed by atoms with Gasteiger partial charge < -0.3 is 40.7 Å². The minimum atomic E-state index is -0.271. The van der Waals surface area contributed by atoms with E-state index in [1.165, 1.54) is 7.11 Å². The van der Waals surface area contributed by atoms with Crippen molar-refractivity contribution in [2.45, 2.75) is 60.8 Å². The molecule has 14 nitrogen and oxygen atoms in total. The van der Waals surface area contributed by atoms with Gasteiger partial charge in [-0.3, -0.25) is 19.6 Å². The predicted molar refractivity (Wildman–Crippen MR) is 242 cm³/mol. The highest BCUT2D eigenvalue weighted by Crippen LogP contribution is 2.17. The summed E-state index contributed by atoms with van der Waals surface area (Å²) in [6.45, 7) is 13.9. The quantitative estimate of drug-likeness (QED) is 0.140. The summed E-state index contributed by atoms with van der Waals surface area (Å²) in [5.74, 6) is 0.00967. The largest absolute Gasteiger partial charge is 0.465 e. The fourth-order valence-corrected chi connectivity index (χ4v) is 5.75. The van der Waals surface area contributed by atoms with Gasteiger partial charge in [-0.15, -0.1) is 0 Å². The summed E-state index contributed by atoms with van der Waals surface area (Å²) >= 11 is 3.47. The summed E-state index contributed by atoms with van der Waals surface area (Å²) in [5, 5.41) is 5.55. The molecule has 324 valence electrons. The van der Waals surface area contributed by atoms with Crippen LogP contribution in [-0.2, 0) is 30.9 Å². The molecule has 4 N–H and O–H groups in total. The fraction of sp³-hybridized carbons (Fsp3) is 0.455. The van der Waals surface area contributed by atoms with Gasteiger partial charge in [0.05, 0.1) is 40.9 Å². The van der Waals surface area contributed by atoms with Crippen LogP contribution in [0.3, 0.4) is 0 Å². The van der Waals surface area contributed by atoms with Gasteiger partial charge in [-0.1, -0.05) is 17.7 Å². The number of ether oxygens (including phenoxy) is 1. The molecular formula is C44H67BrN10O4.